The molecule has 0 amide bonds. The van der Waals surface area contributed by atoms with Crippen molar-refractivity contribution in [3.63, 3.8) is 0 Å². The molecule has 0 aliphatic rings. The van der Waals surface area contributed by atoms with Gasteiger partial charge in [0.25, 0.3) is 0 Å². The zero-order valence-electron chi connectivity index (χ0n) is 14.0. The zero-order chi connectivity index (χ0) is 19.0. The summed E-state index contributed by atoms with van der Waals surface area (Å²) < 4.78 is 46.1. The second kappa shape index (κ2) is 9.40. The number of methoxy groups -OCH3 is 1. The van der Waals surface area contributed by atoms with E-state index in [1.807, 2.05) is 0 Å². The lowest BCUT2D eigenvalue weighted by Gasteiger charge is -2.07. The molecule has 0 radical (unpaired) electrons. The quantitative estimate of drug-likeness (QED) is 0.345. The van der Waals surface area contributed by atoms with Crippen LogP contribution in [0.25, 0.3) is 0 Å². The molecule has 0 bridgehead atoms. The van der Waals surface area contributed by atoms with Crippen LogP contribution >= 0.6 is 0 Å². The van der Waals surface area contributed by atoms with Gasteiger partial charge >= 0.3 is 0 Å². The predicted octanol–water partition coefficient (Wildman–Crippen LogP) is 6.51. The average molecular weight is 334 g/mol. The van der Waals surface area contributed by atoms with Crippen LogP contribution in [0, 0.1) is 0 Å². The Kier molecular flexibility index (Phi) is 8.33. The molecule has 1 nitrogen and oxygen atoms in total. The van der Waals surface area contributed by atoms with E-state index in [4.69, 9.17) is 0 Å². The summed E-state index contributed by atoms with van der Waals surface area (Å²) in [5.41, 5.74) is 0.161. The van der Waals surface area contributed by atoms with E-state index in [0.717, 1.165) is 18.2 Å². The SMILES string of the molecule is C=C(C)/C=C(/F)C(=C)C(=C)/C=C(/F)C(=C)C(=C)/C=C(/F)C(=C)OC. The van der Waals surface area contributed by atoms with E-state index >= 15 is 0 Å². The first-order valence-corrected chi connectivity index (χ1v) is 6.78. The molecular formula is C20H21F3O. The fourth-order valence-electron chi connectivity index (χ4n) is 1.36. The maximum absolute atomic E-state index is 14.2. The highest BCUT2D eigenvalue weighted by molar-refractivity contribution is 5.54. The van der Waals surface area contributed by atoms with Gasteiger partial charge in [0.05, 0.1) is 7.11 Å². The summed E-state index contributed by atoms with van der Waals surface area (Å²) in [5, 5.41) is 0. The average Bonchev–Trinajstić information content (AvgIpc) is 2.51. The number of halogens is 3. The third-order valence-electron chi connectivity index (χ3n) is 2.84. The van der Waals surface area contributed by atoms with Crippen LogP contribution in [-0.2, 0) is 4.74 Å². The number of rotatable bonds is 9. The van der Waals surface area contributed by atoms with E-state index in [-0.39, 0.29) is 28.1 Å². The molecule has 0 aromatic carbocycles. The molecule has 0 unspecified atom stereocenters. The molecule has 0 saturated carbocycles. The first kappa shape index (κ1) is 21.2. The molecule has 0 aliphatic heterocycles. The number of allylic oxidation sites excluding steroid dienone is 11. The molecule has 24 heavy (non-hydrogen) atoms. The molecule has 0 rings (SSSR count). The minimum absolute atomic E-state index is 0.00204. The fraction of sp³-hybridized carbons (Fsp3) is 0.100. The second-order valence-electron chi connectivity index (χ2n) is 4.96. The van der Waals surface area contributed by atoms with Crippen LogP contribution in [0.5, 0.6) is 0 Å². The lowest BCUT2D eigenvalue weighted by molar-refractivity contribution is 0.285. The van der Waals surface area contributed by atoms with Gasteiger partial charge in [0, 0.05) is 11.1 Å². The van der Waals surface area contributed by atoms with Gasteiger partial charge in [-0.1, -0.05) is 45.0 Å². The van der Waals surface area contributed by atoms with E-state index in [9.17, 15) is 13.2 Å². The van der Waals surface area contributed by atoms with Crippen molar-refractivity contribution in [3.8, 4) is 0 Å². The maximum Gasteiger partial charge on any atom is 0.165 e. The van der Waals surface area contributed by atoms with Crippen LogP contribution in [0.2, 0.25) is 0 Å². The van der Waals surface area contributed by atoms with Crippen molar-refractivity contribution in [2.24, 2.45) is 0 Å². The Morgan fingerprint density at radius 1 is 0.708 bits per heavy atom. The fourth-order valence-corrected chi connectivity index (χ4v) is 1.36. The van der Waals surface area contributed by atoms with Crippen LogP contribution in [0.15, 0.2) is 109 Å². The number of hydrogen-bond donors (Lipinski definition) is 0. The van der Waals surface area contributed by atoms with Gasteiger partial charge in [0.1, 0.15) is 17.4 Å². The Morgan fingerprint density at radius 3 is 1.46 bits per heavy atom. The van der Waals surface area contributed by atoms with Crippen LogP contribution in [0.4, 0.5) is 13.2 Å². The van der Waals surface area contributed by atoms with E-state index in [1.54, 1.807) is 6.92 Å². The Balaban J connectivity index is 5.27. The van der Waals surface area contributed by atoms with Gasteiger partial charge in [0.2, 0.25) is 0 Å². The minimum Gasteiger partial charge on any atom is -0.494 e. The van der Waals surface area contributed by atoms with E-state index in [2.05, 4.69) is 44.2 Å². The summed E-state index contributed by atoms with van der Waals surface area (Å²) in [7, 11) is 1.25. The first-order chi connectivity index (χ1) is 11.0. The summed E-state index contributed by atoms with van der Waals surface area (Å²) in [6, 6.07) is 0. The normalized spacial score (nSPS) is 12.5. The van der Waals surface area contributed by atoms with E-state index in [1.165, 1.54) is 7.11 Å². The third kappa shape index (κ3) is 6.57. The maximum atomic E-state index is 14.2. The number of hydrogen-bond acceptors (Lipinski definition) is 1. The van der Waals surface area contributed by atoms with Crippen molar-refractivity contribution in [2.45, 2.75) is 6.92 Å². The molecule has 0 saturated heterocycles. The third-order valence-corrected chi connectivity index (χ3v) is 2.84. The summed E-state index contributed by atoms with van der Waals surface area (Å²) in [5.74, 6) is -2.56. The second-order valence-corrected chi connectivity index (χ2v) is 4.96. The smallest absolute Gasteiger partial charge is 0.165 e. The van der Waals surface area contributed by atoms with E-state index < -0.39 is 17.5 Å². The number of ether oxygens (including phenoxy) is 1. The van der Waals surface area contributed by atoms with Crippen molar-refractivity contribution in [1.82, 2.24) is 0 Å². The summed E-state index contributed by atoms with van der Waals surface area (Å²) in [4.78, 5) is 0. The van der Waals surface area contributed by atoms with Crippen molar-refractivity contribution < 1.29 is 17.9 Å². The van der Waals surface area contributed by atoms with Crippen LogP contribution in [0.3, 0.4) is 0 Å². The van der Waals surface area contributed by atoms with Gasteiger partial charge in [-0.3, -0.25) is 0 Å². The molecule has 0 heterocycles. The standard InChI is InChI=1S/C20H21F3O/c1-12(2)9-18(21)15(5)13(3)10-19(22)16(6)14(4)11-20(23)17(7)24-8/h9-11H,1,3-7H2,2,8H3/b18-9+,19-10+,20-11+. The van der Waals surface area contributed by atoms with Crippen molar-refractivity contribution >= 4 is 0 Å². The lowest BCUT2D eigenvalue weighted by atomic mass is 10.0. The topological polar surface area (TPSA) is 9.23 Å². The highest BCUT2D eigenvalue weighted by Gasteiger charge is 2.11. The molecule has 0 atom stereocenters. The first-order valence-electron chi connectivity index (χ1n) is 6.78. The lowest BCUT2D eigenvalue weighted by Crippen LogP contribution is -1.92. The monoisotopic (exact) mass is 334 g/mol. The molecule has 0 aliphatic carbocycles. The van der Waals surface area contributed by atoms with Gasteiger partial charge in [-0.25, -0.2) is 13.2 Å². The van der Waals surface area contributed by atoms with Crippen LogP contribution in [-0.4, -0.2) is 7.11 Å². The van der Waals surface area contributed by atoms with Crippen LogP contribution < -0.4 is 0 Å². The van der Waals surface area contributed by atoms with Crippen molar-refractivity contribution in [3.05, 3.63) is 109 Å². The van der Waals surface area contributed by atoms with Gasteiger partial charge in [-0.2, -0.15) is 0 Å². The molecule has 128 valence electrons. The highest BCUT2D eigenvalue weighted by atomic mass is 19.1. The predicted molar refractivity (Wildman–Crippen MR) is 95.1 cm³/mol. The van der Waals surface area contributed by atoms with Gasteiger partial charge in [-0.15, -0.1) is 0 Å². The molecular weight excluding hydrogens is 313 g/mol. The Labute approximate surface area is 141 Å². The molecule has 0 fully saturated rings. The summed E-state index contributed by atoms with van der Waals surface area (Å²) in [6.45, 7) is 22.5. The summed E-state index contributed by atoms with van der Waals surface area (Å²) >= 11 is 0. The van der Waals surface area contributed by atoms with Crippen LogP contribution in [0.1, 0.15) is 6.92 Å². The molecule has 0 aromatic rings. The Morgan fingerprint density at radius 2 is 1.08 bits per heavy atom. The van der Waals surface area contributed by atoms with Crippen molar-refractivity contribution in [2.75, 3.05) is 7.11 Å². The molecule has 0 aromatic heterocycles. The molecule has 4 heteroatoms. The Bertz CT molecular complexity index is 700. The zero-order valence-corrected chi connectivity index (χ0v) is 14.0. The van der Waals surface area contributed by atoms with E-state index in [0.29, 0.717) is 5.57 Å². The minimum atomic E-state index is -0.846. The summed E-state index contributed by atoms with van der Waals surface area (Å²) in [6.07, 6.45) is 3.03. The highest BCUT2D eigenvalue weighted by Crippen LogP contribution is 2.26. The van der Waals surface area contributed by atoms with Gasteiger partial charge in [0.15, 0.2) is 5.83 Å². The Hall–Kier alpha value is -2.75. The van der Waals surface area contributed by atoms with Crippen molar-refractivity contribution in [1.29, 1.82) is 0 Å². The molecule has 0 spiro atoms. The largest absolute Gasteiger partial charge is 0.494 e. The van der Waals surface area contributed by atoms with Gasteiger partial charge in [-0.05, 0) is 36.3 Å². The van der Waals surface area contributed by atoms with Gasteiger partial charge < -0.3 is 4.74 Å². The molecule has 0 N–H and O–H groups in total.